The number of carbonyl (C=O) groups is 2. The summed E-state index contributed by atoms with van der Waals surface area (Å²) >= 11 is 5.86. The Morgan fingerprint density at radius 2 is 1.87 bits per heavy atom. The molecule has 10 nitrogen and oxygen atoms in total. The predicted molar refractivity (Wildman–Crippen MR) is 108 cm³/mol. The van der Waals surface area contributed by atoms with Crippen molar-refractivity contribution in [2.75, 3.05) is 12.4 Å². The fourth-order valence-electron chi connectivity index (χ4n) is 2.65. The minimum atomic E-state index is -1.10. The number of rotatable bonds is 8. The van der Waals surface area contributed by atoms with Gasteiger partial charge in [0, 0.05) is 17.1 Å². The van der Waals surface area contributed by atoms with E-state index in [-0.39, 0.29) is 5.82 Å². The molecule has 0 aliphatic heterocycles. The molecule has 1 atom stereocenters. The summed E-state index contributed by atoms with van der Waals surface area (Å²) in [6, 6.07) is 12.8. The van der Waals surface area contributed by atoms with Crippen LogP contribution >= 0.6 is 11.6 Å². The highest BCUT2D eigenvalue weighted by atomic mass is 35.5. The number of benzene rings is 2. The number of hydrogen-bond donors (Lipinski definition) is 3. The first-order valence-electron chi connectivity index (χ1n) is 8.88. The number of methoxy groups -OCH3 is 1. The van der Waals surface area contributed by atoms with E-state index in [9.17, 15) is 9.59 Å². The first-order chi connectivity index (χ1) is 14.4. The van der Waals surface area contributed by atoms with Crippen molar-refractivity contribution in [2.24, 2.45) is 0 Å². The molecular formula is C19H19ClN6O4. The number of anilines is 1. The number of amides is 2. The number of carbonyl (C=O) groups excluding carboxylic acids is 1. The molecule has 0 saturated carbocycles. The van der Waals surface area contributed by atoms with Gasteiger partial charge in [-0.15, -0.1) is 10.2 Å². The normalized spacial score (nSPS) is 11.5. The van der Waals surface area contributed by atoms with E-state index in [2.05, 4.69) is 26.0 Å². The third-order valence-electron chi connectivity index (χ3n) is 4.06. The second kappa shape index (κ2) is 9.70. The van der Waals surface area contributed by atoms with Gasteiger partial charge in [-0.1, -0.05) is 23.7 Å². The van der Waals surface area contributed by atoms with Gasteiger partial charge in [0.1, 0.15) is 5.75 Å². The third-order valence-corrected chi connectivity index (χ3v) is 4.31. The van der Waals surface area contributed by atoms with Crippen molar-refractivity contribution in [3.63, 3.8) is 0 Å². The Hall–Kier alpha value is -3.66. The van der Waals surface area contributed by atoms with Gasteiger partial charge in [0.25, 0.3) is 0 Å². The van der Waals surface area contributed by atoms with Crippen LogP contribution in [0.3, 0.4) is 0 Å². The summed E-state index contributed by atoms with van der Waals surface area (Å²) in [5, 5.41) is 26.7. The molecule has 3 aromatic rings. The molecule has 0 unspecified atom stereocenters. The Bertz CT molecular complexity index is 1010. The van der Waals surface area contributed by atoms with Crippen molar-refractivity contribution in [3.8, 4) is 5.75 Å². The van der Waals surface area contributed by atoms with E-state index in [0.717, 1.165) is 10.4 Å². The van der Waals surface area contributed by atoms with Crippen molar-refractivity contribution in [1.29, 1.82) is 0 Å². The minimum Gasteiger partial charge on any atom is -0.497 e. The summed E-state index contributed by atoms with van der Waals surface area (Å²) in [5.74, 6) is -0.202. The van der Waals surface area contributed by atoms with Crippen molar-refractivity contribution in [3.05, 3.63) is 64.9 Å². The molecule has 0 aliphatic rings. The van der Waals surface area contributed by atoms with E-state index in [0.29, 0.717) is 22.9 Å². The van der Waals surface area contributed by atoms with Crippen molar-refractivity contribution >= 4 is 29.3 Å². The number of halogens is 1. The molecule has 156 valence electrons. The molecule has 0 aliphatic carbocycles. The molecule has 11 heteroatoms. The van der Waals surface area contributed by atoms with Crippen LogP contribution in [0, 0.1) is 0 Å². The Morgan fingerprint density at radius 3 is 2.50 bits per heavy atom. The van der Waals surface area contributed by atoms with Gasteiger partial charge in [0.15, 0.2) is 12.4 Å². The summed E-state index contributed by atoms with van der Waals surface area (Å²) in [4.78, 5) is 24.3. The third kappa shape index (κ3) is 5.92. The van der Waals surface area contributed by atoms with Gasteiger partial charge in [-0.3, -0.25) is 4.79 Å². The number of nitrogens with one attached hydrogen (secondary N) is 2. The Kier molecular flexibility index (Phi) is 6.81. The molecule has 2 amide bonds. The molecule has 2 aromatic carbocycles. The van der Waals surface area contributed by atoms with Crippen LogP contribution in [0.15, 0.2) is 48.5 Å². The van der Waals surface area contributed by atoms with Gasteiger partial charge in [-0.2, -0.15) is 4.80 Å². The molecule has 1 aromatic heterocycles. The Morgan fingerprint density at radius 1 is 1.17 bits per heavy atom. The van der Waals surface area contributed by atoms with Gasteiger partial charge in [0.2, 0.25) is 0 Å². The smallest absolute Gasteiger partial charge is 0.327 e. The fourth-order valence-corrected chi connectivity index (χ4v) is 2.77. The lowest BCUT2D eigenvalue weighted by Gasteiger charge is -2.16. The highest BCUT2D eigenvalue weighted by molar-refractivity contribution is 6.30. The van der Waals surface area contributed by atoms with Crippen LogP contribution in [0.2, 0.25) is 5.02 Å². The summed E-state index contributed by atoms with van der Waals surface area (Å²) in [6.07, 6.45) is 0.358. The number of tetrazole rings is 1. The first-order valence-corrected chi connectivity index (χ1v) is 9.26. The van der Waals surface area contributed by atoms with Crippen LogP contribution in [-0.2, 0) is 17.8 Å². The quantitative estimate of drug-likeness (QED) is 0.500. The summed E-state index contributed by atoms with van der Waals surface area (Å²) in [7, 11) is 1.57. The van der Waals surface area contributed by atoms with Crippen molar-refractivity contribution in [2.45, 2.75) is 19.0 Å². The lowest BCUT2D eigenvalue weighted by molar-refractivity contribution is -0.138. The van der Waals surface area contributed by atoms with Crippen LogP contribution in [0.5, 0.6) is 5.75 Å². The molecule has 0 bridgehead atoms. The predicted octanol–water partition coefficient (Wildman–Crippen LogP) is 2.53. The van der Waals surface area contributed by atoms with E-state index in [1.807, 2.05) is 12.1 Å². The molecule has 3 N–H and O–H groups in total. The molecule has 0 spiro atoms. The monoisotopic (exact) mass is 430 g/mol. The van der Waals surface area contributed by atoms with Crippen LogP contribution < -0.4 is 15.4 Å². The number of aliphatic carboxylic acids is 1. The van der Waals surface area contributed by atoms with Gasteiger partial charge < -0.3 is 20.5 Å². The largest absolute Gasteiger partial charge is 0.497 e. The zero-order valence-electron chi connectivity index (χ0n) is 15.9. The minimum absolute atomic E-state index is 0.193. The second-order valence-corrected chi connectivity index (χ2v) is 6.72. The lowest BCUT2D eigenvalue weighted by Crippen LogP contribution is -2.34. The van der Waals surface area contributed by atoms with Crippen molar-refractivity contribution < 1.29 is 19.4 Å². The van der Waals surface area contributed by atoms with Gasteiger partial charge in [-0.25, -0.2) is 4.79 Å². The summed E-state index contributed by atoms with van der Waals surface area (Å²) in [5.41, 5.74) is 1.45. The maximum absolute atomic E-state index is 12.5. The van der Waals surface area contributed by atoms with Gasteiger partial charge in [-0.05, 0) is 47.2 Å². The van der Waals surface area contributed by atoms with Crippen LogP contribution in [-0.4, -0.2) is 44.4 Å². The zero-order valence-corrected chi connectivity index (χ0v) is 16.7. The molecule has 30 heavy (non-hydrogen) atoms. The fraction of sp³-hybridized carbons (Fsp3) is 0.211. The van der Waals surface area contributed by atoms with E-state index in [4.69, 9.17) is 21.4 Å². The summed E-state index contributed by atoms with van der Waals surface area (Å²) in [6.45, 7) is -0.431. The number of carboxylic acid groups (broad SMARTS) is 1. The number of hydrogen-bond acceptors (Lipinski definition) is 6. The van der Waals surface area contributed by atoms with Crippen LogP contribution in [0.4, 0.5) is 10.5 Å². The lowest BCUT2D eigenvalue weighted by atomic mass is 10.1. The topological polar surface area (TPSA) is 131 Å². The number of aromatic nitrogens is 4. The maximum Gasteiger partial charge on any atom is 0.327 e. The Labute approximate surface area is 176 Å². The highest BCUT2D eigenvalue weighted by Gasteiger charge is 2.21. The van der Waals surface area contributed by atoms with Crippen LogP contribution in [0.25, 0.3) is 0 Å². The van der Waals surface area contributed by atoms with E-state index in [1.54, 1.807) is 43.5 Å². The van der Waals surface area contributed by atoms with Crippen molar-refractivity contribution in [1.82, 2.24) is 25.5 Å². The molecule has 0 radical (unpaired) electrons. The number of carboxylic acids is 1. The highest BCUT2D eigenvalue weighted by Crippen LogP contribution is 2.19. The average molecular weight is 431 g/mol. The number of nitrogens with zero attached hydrogens (tertiary/aromatic N) is 4. The van der Waals surface area contributed by atoms with E-state index in [1.165, 1.54) is 0 Å². The second-order valence-electron chi connectivity index (χ2n) is 6.28. The van der Waals surface area contributed by atoms with Crippen LogP contribution in [0.1, 0.15) is 17.4 Å². The van der Waals surface area contributed by atoms with Gasteiger partial charge in [0.05, 0.1) is 13.2 Å². The van der Waals surface area contributed by atoms with Gasteiger partial charge >= 0.3 is 12.0 Å². The summed E-state index contributed by atoms with van der Waals surface area (Å²) < 4.78 is 5.16. The SMILES string of the molecule is COc1ccc(C[C@H](NC(=O)Nc2ccc(Cl)cc2)c2nnn(CC(=O)O)n2)cc1. The van der Waals surface area contributed by atoms with E-state index < -0.39 is 24.6 Å². The number of urea groups is 1. The molecule has 0 saturated heterocycles. The average Bonchev–Trinajstić information content (AvgIpc) is 3.17. The molecule has 3 rings (SSSR count). The molecule has 0 fully saturated rings. The molecule has 1 heterocycles. The standard InChI is InChI=1S/C19H19ClN6O4/c1-30-15-8-2-12(3-9-15)10-16(18-23-25-26(24-18)11-17(27)28)22-19(29)21-14-6-4-13(20)5-7-14/h2-9,16H,10-11H2,1H3,(H,27,28)(H2,21,22,29)/t16-/m0/s1. The van der Waals surface area contributed by atoms with E-state index >= 15 is 0 Å². The first kappa shape index (κ1) is 21.1. The zero-order chi connectivity index (χ0) is 21.5. The molecular weight excluding hydrogens is 412 g/mol. The Balaban J connectivity index is 1.76. The number of ether oxygens (including phenoxy) is 1. The maximum atomic E-state index is 12.5.